The third-order valence-corrected chi connectivity index (χ3v) is 7.01. The number of carbonyl (C=O) groups excluding carboxylic acids is 1. The van der Waals surface area contributed by atoms with E-state index in [4.69, 9.17) is 21.3 Å². The number of carbonyl (C=O) groups is 1. The van der Waals surface area contributed by atoms with Gasteiger partial charge in [-0.25, -0.2) is 13.2 Å². The first-order chi connectivity index (χ1) is 13.8. The maximum Gasteiger partial charge on any atom is 0.410 e. The Labute approximate surface area is 184 Å². The van der Waals surface area contributed by atoms with Crippen molar-refractivity contribution in [2.24, 2.45) is 5.92 Å². The number of halogens is 1. The second kappa shape index (κ2) is 8.54. The number of amides is 1. The van der Waals surface area contributed by atoms with E-state index in [1.54, 1.807) is 11.0 Å². The summed E-state index contributed by atoms with van der Waals surface area (Å²) in [7, 11) is -3.46. The molecule has 0 aromatic carbocycles. The van der Waals surface area contributed by atoms with Gasteiger partial charge in [0, 0.05) is 25.6 Å². The Bertz CT molecular complexity index is 902. The lowest BCUT2D eigenvalue weighted by molar-refractivity contribution is 0.0204. The number of anilines is 1. The van der Waals surface area contributed by atoms with Gasteiger partial charge in [0.05, 0.1) is 28.4 Å². The summed E-state index contributed by atoms with van der Waals surface area (Å²) in [5, 5.41) is 0.462. The second-order valence-corrected chi connectivity index (χ2v) is 11.8. The average molecular weight is 458 g/mol. The summed E-state index contributed by atoms with van der Waals surface area (Å²) in [6, 6.07) is 1.74. The van der Waals surface area contributed by atoms with Gasteiger partial charge in [0.2, 0.25) is 10.0 Å². The number of ether oxygens (including phenoxy) is 1. The highest BCUT2D eigenvalue weighted by Crippen LogP contribution is 2.39. The minimum absolute atomic E-state index is 0.0538. The Kier molecular flexibility index (Phi) is 6.58. The van der Waals surface area contributed by atoms with E-state index in [0.29, 0.717) is 54.8 Å². The Morgan fingerprint density at radius 2 is 1.87 bits per heavy atom. The molecule has 2 fully saturated rings. The van der Waals surface area contributed by atoms with Crippen LogP contribution in [0, 0.1) is 12.8 Å². The van der Waals surface area contributed by atoms with Crippen molar-refractivity contribution in [3.8, 4) is 0 Å². The van der Waals surface area contributed by atoms with Crippen LogP contribution in [-0.2, 0) is 14.8 Å². The lowest BCUT2D eigenvalue weighted by Crippen LogP contribution is -2.41. The maximum absolute atomic E-state index is 12.6. The smallest absolute Gasteiger partial charge is 0.410 e. The fourth-order valence-corrected chi connectivity index (χ4v) is 4.83. The number of nitrogens with zero attached hydrogens (tertiary/aromatic N) is 3. The topological polar surface area (TPSA) is 79.8 Å². The van der Waals surface area contributed by atoms with Gasteiger partial charge >= 0.3 is 6.09 Å². The normalized spacial score (nSPS) is 18.4. The lowest BCUT2D eigenvalue weighted by Gasteiger charge is -2.35. The van der Waals surface area contributed by atoms with Crippen LogP contribution in [0.2, 0.25) is 5.02 Å². The number of aromatic nitrogens is 1. The number of rotatable bonds is 5. The lowest BCUT2D eigenvalue weighted by atomic mass is 9.92. The molecule has 0 N–H and O–H groups in total. The van der Waals surface area contributed by atoms with Crippen molar-refractivity contribution in [1.82, 2.24) is 9.88 Å². The molecule has 0 radical (unpaired) electrons. The van der Waals surface area contributed by atoms with Crippen LogP contribution in [0.15, 0.2) is 6.07 Å². The Balaban J connectivity index is 1.84. The molecule has 0 bridgehead atoms. The second-order valence-electron chi connectivity index (χ2n) is 9.44. The third-order valence-electron chi connectivity index (χ3n) is 5.48. The fourth-order valence-electron chi connectivity index (χ4n) is 3.70. The van der Waals surface area contributed by atoms with Crippen LogP contribution < -0.4 is 4.31 Å². The summed E-state index contributed by atoms with van der Waals surface area (Å²) in [4.78, 5) is 18.8. The highest BCUT2D eigenvalue weighted by atomic mass is 35.5. The molecule has 2 heterocycles. The van der Waals surface area contributed by atoms with E-state index in [0.717, 1.165) is 18.5 Å². The summed E-state index contributed by atoms with van der Waals surface area (Å²) in [6.07, 6.45) is 4.40. The molecule has 0 atom stereocenters. The van der Waals surface area contributed by atoms with Gasteiger partial charge in [-0.3, -0.25) is 9.29 Å². The molecular weight excluding hydrogens is 426 g/mol. The van der Waals surface area contributed by atoms with E-state index in [9.17, 15) is 13.2 Å². The first kappa shape index (κ1) is 23.1. The van der Waals surface area contributed by atoms with Crippen LogP contribution in [-0.4, -0.2) is 55.9 Å². The molecule has 3 rings (SSSR count). The van der Waals surface area contributed by atoms with Gasteiger partial charge in [-0.05, 0) is 65.4 Å². The summed E-state index contributed by atoms with van der Waals surface area (Å²) in [5.41, 5.74) is 1.49. The average Bonchev–Trinajstić information content (AvgIpc) is 3.44. The van der Waals surface area contributed by atoms with Crippen LogP contribution in [0.4, 0.5) is 10.5 Å². The van der Waals surface area contributed by atoms with Gasteiger partial charge in [0.15, 0.2) is 0 Å². The summed E-state index contributed by atoms with van der Waals surface area (Å²) in [6.45, 7) is 8.94. The molecule has 1 aromatic heterocycles. The Morgan fingerprint density at radius 3 is 2.37 bits per heavy atom. The van der Waals surface area contributed by atoms with Crippen molar-refractivity contribution in [2.45, 2.75) is 64.9 Å². The molecule has 1 aliphatic carbocycles. The van der Waals surface area contributed by atoms with Crippen LogP contribution in [0.3, 0.4) is 0 Å². The van der Waals surface area contributed by atoms with E-state index in [-0.39, 0.29) is 12.0 Å². The van der Waals surface area contributed by atoms with E-state index in [1.807, 2.05) is 27.7 Å². The zero-order chi connectivity index (χ0) is 22.3. The van der Waals surface area contributed by atoms with Gasteiger partial charge in [0.25, 0.3) is 0 Å². The summed E-state index contributed by atoms with van der Waals surface area (Å²) >= 11 is 6.34. The van der Waals surface area contributed by atoms with Crippen molar-refractivity contribution >= 4 is 33.4 Å². The highest BCUT2D eigenvalue weighted by Gasteiger charge is 2.34. The van der Waals surface area contributed by atoms with Crippen molar-refractivity contribution in [3.05, 3.63) is 22.5 Å². The highest BCUT2D eigenvalue weighted by molar-refractivity contribution is 7.92. The predicted molar refractivity (Wildman–Crippen MR) is 119 cm³/mol. The third kappa shape index (κ3) is 5.78. The number of hydrogen-bond donors (Lipinski definition) is 0. The fraction of sp³-hybridized carbons (Fsp3) is 0.714. The van der Waals surface area contributed by atoms with Gasteiger partial charge in [-0.15, -0.1) is 0 Å². The molecule has 168 valence electrons. The minimum atomic E-state index is -3.46. The minimum Gasteiger partial charge on any atom is -0.444 e. The largest absolute Gasteiger partial charge is 0.444 e. The van der Waals surface area contributed by atoms with Gasteiger partial charge in [0.1, 0.15) is 5.60 Å². The Morgan fingerprint density at radius 1 is 1.27 bits per heavy atom. The number of piperidine rings is 1. The van der Waals surface area contributed by atoms with Crippen LogP contribution >= 0.6 is 11.6 Å². The summed E-state index contributed by atoms with van der Waals surface area (Å²) < 4.78 is 32.1. The molecule has 9 heteroatoms. The molecule has 2 aliphatic rings. The van der Waals surface area contributed by atoms with E-state index >= 15 is 0 Å². The molecule has 0 spiro atoms. The number of sulfonamides is 1. The first-order valence-corrected chi connectivity index (χ1v) is 12.7. The number of likely N-dealkylation sites (tertiary alicyclic amines) is 1. The standard InChI is InChI=1S/C21H32ClN3O4S/c1-14-17(22)12-18(25(30(5,27)28)13-15-6-7-15)19(23-14)16-8-10-24(11-9-16)20(26)29-21(2,3)4/h12,15-16H,6-11,13H2,1-5H3. The van der Waals surface area contributed by atoms with Gasteiger partial charge in [-0.2, -0.15) is 0 Å². The van der Waals surface area contributed by atoms with Gasteiger partial charge < -0.3 is 9.64 Å². The maximum atomic E-state index is 12.6. The van der Waals surface area contributed by atoms with Crippen molar-refractivity contribution in [2.75, 3.05) is 30.2 Å². The molecular formula is C21H32ClN3O4S. The molecule has 0 unspecified atom stereocenters. The zero-order valence-corrected chi connectivity index (χ0v) is 20.0. The van der Waals surface area contributed by atoms with E-state index in [1.165, 1.54) is 10.6 Å². The van der Waals surface area contributed by atoms with Crippen molar-refractivity contribution < 1.29 is 17.9 Å². The molecule has 1 amide bonds. The predicted octanol–water partition coefficient (Wildman–Crippen LogP) is 4.33. The Hall–Kier alpha value is -1.54. The van der Waals surface area contributed by atoms with Crippen LogP contribution in [0.1, 0.15) is 63.8 Å². The molecule has 7 nitrogen and oxygen atoms in total. The number of pyridine rings is 1. The zero-order valence-electron chi connectivity index (χ0n) is 18.4. The van der Waals surface area contributed by atoms with Crippen molar-refractivity contribution in [3.63, 3.8) is 0 Å². The van der Waals surface area contributed by atoms with E-state index in [2.05, 4.69) is 0 Å². The number of hydrogen-bond acceptors (Lipinski definition) is 5. The quantitative estimate of drug-likeness (QED) is 0.657. The molecule has 1 saturated carbocycles. The SMILES string of the molecule is Cc1nc(C2CCN(C(=O)OC(C)(C)C)CC2)c(N(CC2CC2)S(C)(=O)=O)cc1Cl. The first-order valence-electron chi connectivity index (χ1n) is 10.5. The monoisotopic (exact) mass is 457 g/mol. The summed E-state index contributed by atoms with van der Waals surface area (Å²) in [5.74, 6) is 0.444. The molecule has 1 saturated heterocycles. The molecule has 1 aromatic rings. The van der Waals surface area contributed by atoms with Gasteiger partial charge in [-0.1, -0.05) is 11.6 Å². The molecule has 30 heavy (non-hydrogen) atoms. The van der Waals surface area contributed by atoms with Crippen LogP contribution in [0.5, 0.6) is 0 Å². The van der Waals surface area contributed by atoms with Crippen molar-refractivity contribution in [1.29, 1.82) is 0 Å². The number of aryl methyl sites for hydroxylation is 1. The van der Waals surface area contributed by atoms with Crippen LogP contribution in [0.25, 0.3) is 0 Å². The van der Waals surface area contributed by atoms with E-state index < -0.39 is 15.6 Å². The molecule has 1 aliphatic heterocycles.